The Morgan fingerprint density at radius 3 is 1.29 bits per heavy atom. The van der Waals surface area contributed by atoms with Crippen LogP contribution in [0.3, 0.4) is 0 Å². The minimum Gasteiger partial charge on any atom is -0.378 e. The summed E-state index contributed by atoms with van der Waals surface area (Å²) in [7, 11) is 0. The first kappa shape index (κ1) is 35.2. The van der Waals surface area contributed by atoms with Crippen LogP contribution in [0, 0.1) is 0 Å². The molecule has 3 aliphatic rings. The van der Waals surface area contributed by atoms with E-state index in [2.05, 4.69) is 99.0 Å². The zero-order valence-corrected chi connectivity index (χ0v) is 29.2. The van der Waals surface area contributed by atoms with E-state index in [9.17, 15) is 0 Å². The van der Waals surface area contributed by atoms with Crippen LogP contribution in [0.2, 0.25) is 0 Å². The summed E-state index contributed by atoms with van der Waals surface area (Å²) in [5.74, 6) is 0. The Morgan fingerprint density at radius 2 is 0.878 bits per heavy atom. The van der Waals surface area contributed by atoms with E-state index in [1.807, 2.05) is 0 Å². The Morgan fingerprint density at radius 1 is 0.512 bits per heavy atom. The lowest BCUT2D eigenvalue weighted by atomic mass is 9.96. The van der Waals surface area contributed by atoms with E-state index in [0.29, 0.717) is 6.10 Å². The molecule has 3 N–H and O–H groups in total. The smallest absolute Gasteiger partial charge is 0.158 e. The lowest BCUT2D eigenvalue weighted by molar-refractivity contribution is -0.205. The second kappa shape index (κ2) is 13.4. The van der Waals surface area contributed by atoms with Gasteiger partial charge in [-0.3, -0.25) is 0 Å². The minimum absolute atomic E-state index is 0.0389. The van der Waals surface area contributed by atoms with Gasteiger partial charge in [0, 0.05) is 39.8 Å². The molecular formula is C35H69N3O3. The van der Waals surface area contributed by atoms with Crippen LogP contribution in [-0.2, 0) is 14.2 Å². The van der Waals surface area contributed by atoms with Crippen molar-refractivity contribution in [2.45, 2.75) is 218 Å². The summed E-state index contributed by atoms with van der Waals surface area (Å²) < 4.78 is 20.3. The molecule has 0 aromatic carbocycles. The predicted octanol–water partition coefficient (Wildman–Crippen LogP) is 7.63. The molecule has 242 valence electrons. The molecule has 3 unspecified atom stereocenters. The molecule has 0 spiro atoms. The average Bonchev–Trinajstić information content (AvgIpc) is 2.99. The third-order valence-electron chi connectivity index (χ3n) is 9.39. The maximum atomic E-state index is 6.90. The lowest BCUT2D eigenvalue weighted by Crippen LogP contribution is -2.51. The van der Waals surface area contributed by atoms with Crippen LogP contribution in [0.25, 0.3) is 0 Å². The molecule has 3 fully saturated rings. The van der Waals surface area contributed by atoms with Gasteiger partial charge in [-0.25, -0.2) is 0 Å². The Labute approximate surface area is 254 Å². The highest BCUT2D eigenvalue weighted by Gasteiger charge is 2.39. The summed E-state index contributed by atoms with van der Waals surface area (Å²) in [6.07, 6.45) is 13.3. The van der Waals surface area contributed by atoms with E-state index in [1.54, 1.807) is 0 Å². The first-order valence-electron chi connectivity index (χ1n) is 16.9. The third kappa shape index (κ3) is 12.7. The van der Waals surface area contributed by atoms with E-state index < -0.39 is 0 Å². The van der Waals surface area contributed by atoms with Gasteiger partial charge in [-0.2, -0.15) is 0 Å². The van der Waals surface area contributed by atoms with Crippen LogP contribution in [0.5, 0.6) is 0 Å². The highest BCUT2D eigenvalue weighted by Crippen LogP contribution is 2.34. The van der Waals surface area contributed by atoms with Crippen LogP contribution in [0.4, 0.5) is 0 Å². The van der Waals surface area contributed by atoms with Crippen molar-refractivity contribution in [3.05, 3.63) is 0 Å². The van der Waals surface area contributed by atoms with Gasteiger partial charge in [0.05, 0.1) is 18.3 Å². The molecule has 3 heterocycles. The standard InChI is InChI=1S/C35H69N3O3/c1-30(2)19-16-26(23-33(7,8)36-30)39-22-14-13-15-29(40-27-17-20-31(3,4)37-34(9,10)24-27)41-28-18-21-32(5,6)38-35(11,12)25-28/h26-29,36-38H,13-25H2,1-12H3. The zero-order valence-electron chi connectivity index (χ0n) is 29.2. The van der Waals surface area contributed by atoms with Crippen LogP contribution >= 0.6 is 0 Å². The number of unbranched alkanes of at least 4 members (excludes halogenated alkanes) is 1. The van der Waals surface area contributed by atoms with Crippen LogP contribution in [0.1, 0.15) is 160 Å². The Kier molecular flexibility index (Phi) is 11.5. The summed E-state index contributed by atoms with van der Waals surface area (Å²) >= 11 is 0. The van der Waals surface area contributed by atoms with Crippen molar-refractivity contribution in [2.24, 2.45) is 0 Å². The van der Waals surface area contributed by atoms with Crippen molar-refractivity contribution >= 4 is 0 Å². The lowest BCUT2D eigenvalue weighted by Gasteiger charge is -2.36. The van der Waals surface area contributed by atoms with Gasteiger partial charge < -0.3 is 30.2 Å². The Bertz CT molecular complexity index is 777. The monoisotopic (exact) mass is 580 g/mol. The molecule has 0 saturated carbocycles. The molecule has 3 saturated heterocycles. The molecule has 6 nitrogen and oxygen atoms in total. The van der Waals surface area contributed by atoms with Crippen molar-refractivity contribution in [3.8, 4) is 0 Å². The molecule has 0 aromatic heterocycles. The van der Waals surface area contributed by atoms with Crippen molar-refractivity contribution in [3.63, 3.8) is 0 Å². The van der Waals surface area contributed by atoms with Crippen molar-refractivity contribution in [2.75, 3.05) is 6.61 Å². The van der Waals surface area contributed by atoms with Gasteiger partial charge in [0.2, 0.25) is 0 Å². The number of nitrogens with one attached hydrogen (secondary N) is 3. The van der Waals surface area contributed by atoms with Gasteiger partial charge in [0.25, 0.3) is 0 Å². The maximum absolute atomic E-state index is 6.90. The predicted molar refractivity (Wildman–Crippen MR) is 173 cm³/mol. The average molecular weight is 580 g/mol. The Balaban J connectivity index is 1.59. The van der Waals surface area contributed by atoms with Gasteiger partial charge in [-0.05, 0) is 160 Å². The van der Waals surface area contributed by atoms with Gasteiger partial charge in [-0.15, -0.1) is 0 Å². The summed E-state index contributed by atoms with van der Waals surface area (Å²) in [5.41, 5.74) is 0.583. The SMILES string of the molecule is CC1(C)CCC(OCCCCC(OC2CCC(C)(C)NC(C)(C)C2)OC2CCC(C)(C)NC(C)(C)C2)CC(C)(C)N1. The molecule has 0 bridgehead atoms. The largest absolute Gasteiger partial charge is 0.378 e. The molecule has 0 radical (unpaired) electrons. The topological polar surface area (TPSA) is 63.8 Å². The number of hydrogen-bond donors (Lipinski definition) is 3. The van der Waals surface area contributed by atoms with E-state index in [4.69, 9.17) is 14.2 Å². The summed E-state index contributed by atoms with van der Waals surface area (Å²) in [5, 5.41) is 11.6. The van der Waals surface area contributed by atoms with Gasteiger partial charge >= 0.3 is 0 Å². The van der Waals surface area contributed by atoms with Gasteiger partial charge in [0.15, 0.2) is 6.29 Å². The van der Waals surface area contributed by atoms with Crippen LogP contribution < -0.4 is 16.0 Å². The fourth-order valence-electron chi connectivity index (χ4n) is 8.30. The normalized spacial score (nSPS) is 33.2. The summed E-state index contributed by atoms with van der Waals surface area (Å²) in [6, 6.07) is 0. The van der Waals surface area contributed by atoms with Gasteiger partial charge in [0.1, 0.15) is 0 Å². The van der Waals surface area contributed by atoms with Crippen molar-refractivity contribution < 1.29 is 14.2 Å². The second-order valence-corrected chi connectivity index (χ2v) is 17.8. The fourth-order valence-corrected chi connectivity index (χ4v) is 8.30. The van der Waals surface area contributed by atoms with E-state index in [-0.39, 0.29) is 51.7 Å². The first-order valence-corrected chi connectivity index (χ1v) is 16.9. The molecule has 0 aliphatic carbocycles. The molecule has 3 rings (SSSR count). The third-order valence-corrected chi connectivity index (χ3v) is 9.39. The molecule has 3 aliphatic heterocycles. The zero-order chi connectivity index (χ0) is 30.7. The highest BCUT2D eigenvalue weighted by molar-refractivity contribution is 4.96. The first-order chi connectivity index (χ1) is 18.6. The van der Waals surface area contributed by atoms with E-state index in [1.165, 1.54) is 0 Å². The molecule has 0 amide bonds. The fraction of sp³-hybridized carbons (Fsp3) is 1.00. The van der Waals surface area contributed by atoms with Crippen molar-refractivity contribution in [1.82, 2.24) is 16.0 Å². The van der Waals surface area contributed by atoms with Crippen LogP contribution in [0.15, 0.2) is 0 Å². The highest BCUT2D eigenvalue weighted by atomic mass is 16.7. The van der Waals surface area contributed by atoms with E-state index >= 15 is 0 Å². The van der Waals surface area contributed by atoms with E-state index in [0.717, 1.165) is 83.7 Å². The Hall–Kier alpha value is -0.240. The quantitative estimate of drug-likeness (QED) is 0.183. The van der Waals surface area contributed by atoms with Crippen molar-refractivity contribution in [1.29, 1.82) is 0 Å². The molecule has 41 heavy (non-hydrogen) atoms. The van der Waals surface area contributed by atoms with Crippen LogP contribution in [-0.4, -0.2) is 64.4 Å². The number of ether oxygens (including phenoxy) is 3. The molecule has 3 atom stereocenters. The summed E-state index contributed by atoms with van der Waals surface area (Å²) in [4.78, 5) is 0. The molecular weight excluding hydrogens is 510 g/mol. The van der Waals surface area contributed by atoms with Gasteiger partial charge in [-0.1, -0.05) is 0 Å². The minimum atomic E-state index is -0.166. The number of rotatable bonds is 10. The maximum Gasteiger partial charge on any atom is 0.158 e. The second-order valence-electron chi connectivity index (χ2n) is 17.8. The summed E-state index contributed by atoms with van der Waals surface area (Å²) in [6.45, 7) is 28.6. The molecule has 6 heteroatoms. The number of hydrogen-bond acceptors (Lipinski definition) is 6. The molecule has 0 aromatic rings.